The molecule has 2 heterocycles. The molecule has 2 rings (SSSR count). The molecule has 3 N–H and O–H groups in total. The summed E-state index contributed by atoms with van der Waals surface area (Å²) in [5.41, 5.74) is 5.56. The zero-order valence-corrected chi connectivity index (χ0v) is 13.2. The summed E-state index contributed by atoms with van der Waals surface area (Å²) < 4.78 is 0.742. The monoisotopic (exact) mass is 328 g/mol. The number of hydrogen-bond donors (Lipinski definition) is 2. The second-order valence-electron chi connectivity index (χ2n) is 3.86. The van der Waals surface area contributed by atoms with E-state index in [4.69, 9.17) is 5.73 Å². The van der Waals surface area contributed by atoms with Gasteiger partial charge >= 0.3 is 0 Å². The van der Waals surface area contributed by atoms with Crippen molar-refractivity contribution in [3.05, 3.63) is 22.0 Å². The Hall–Kier alpha value is -1.45. The third-order valence-corrected chi connectivity index (χ3v) is 5.17. The van der Waals surface area contributed by atoms with Crippen LogP contribution < -0.4 is 11.1 Å². The molecule has 2 amide bonds. The number of nitrogens with zero attached hydrogens (tertiary/aromatic N) is 2. The number of amides is 2. The second kappa shape index (κ2) is 6.33. The highest BCUT2D eigenvalue weighted by molar-refractivity contribution is 8.02. The molecule has 9 heteroatoms. The van der Waals surface area contributed by atoms with Crippen LogP contribution in [-0.2, 0) is 4.79 Å². The van der Waals surface area contributed by atoms with Gasteiger partial charge in [0.15, 0.2) is 4.34 Å². The van der Waals surface area contributed by atoms with E-state index in [1.807, 2.05) is 6.92 Å². The number of primary amides is 1. The lowest BCUT2D eigenvalue weighted by atomic mass is 10.3. The Kier molecular flexibility index (Phi) is 4.73. The van der Waals surface area contributed by atoms with Gasteiger partial charge in [0.25, 0.3) is 5.91 Å². The van der Waals surface area contributed by atoms with Crippen molar-refractivity contribution >= 4 is 51.3 Å². The molecule has 0 aliphatic heterocycles. The van der Waals surface area contributed by atoms with Crippen LogP contribution in [-0.4, -0.2) is 27.3 Å². The predicted octanol–water partition coefficient (Wildman–Crippen LogP) is 2.13. The van der Waals surface area contributed by atoms with E-state index in [0.29, 0.717) is 10.6 Å². The molecule has 0 spiro atoms. The molecule has 0 unspecified atom stereocenters. The topological polar surface area (TPSA) is 98.0 Å². The largest absolute Gasteiger partial charge is 0.366 e. The molecule has 0 radical (unpaired) electrons. The van der Waals surface area contributed by atoms with Gasteiger partial charge in [-0.25, -0.2) is 0 Å². The highest BCUT2D eigenvalue weighted by Gasteiger charge is 2.19. The lowest BCUT2D eigenvalue weighted by molar-refractivity contribution is -0.115. The maximum Gasteiger partial charge on any atom is 0.251 e. The molecule has 0 fully saturated rings. The number of rotatable bonds is 5. The molecule has 0 saturated carbocycles. The molecule has 0 bridgehead atoms. The molecular formula is C11H12N4O2S3. The zero-order chi connectivity index (χ0) is 14.7. The van der Waals surface area contributed by atoms with Crippen LogP contribution in [0.15, 0.2) is 15.8 Å². The SMILES string of the molecule is Cc1nnc(S[C@@H](C)C(=O)Nc2sccc2C(N)=O)s1. The maximum absolute atomic E-state index is 12.1. The summed E-state index contributed by atoms with van der Waals surface area (Å²) in [5, 5.41) is 13.3. The van der Waals surface area contributed by atoms with Crippen molar-refractivity contribution in [2.24, 2.45) is 5.73 Å². The number of thioether (sulfide) groups is 1. The highest BCUT2D eigenvalue weighted by Crippen LogP contribution is 2.28. The van der Waals surface area contributed by atoms with Gasteiger partial charge in [0, 0.05) is 0 Å². The summed E-state index contributed by atoms with van der Waals surface area (Å²) in [6.07, 6.45) is 0. The summed E-state index contributed by atoms with van der Waals surface area (Å²) in [6.45, 7) is 3.63. The Morgan fingerprint density at radius 3 is 2.80 bits per heavy atom. The summed E-state index contributed by atoms with van der Waals surface area (Å²) in [5.74, 6) is -0.755. The molecule has 0 saturated heterocycles. The Morgan fingerprint density at radius 1 is 1.45 bits per heavy atom. The fourth-order valence-corrected chi connectivity index (χ4v) is 4.10. The Bertz CT molecular complexity index is 637. The van der Waals surface area contributed by atoms with E-state index in [0.717, 1.165) is 9.35 Å². The number of hydrogen-bond acceptors (Lipinski definition) is 7. The van der Waals surface area contributed by atoms with Gasteiger partial charge in [-0.2, -0.15) is 0 Å². The van der Waals surface area contributed by atoms with Crippen LogP contribution in [0.25, 0.3) is 0 Å². The fourth-order valence-electron chi connectivity index (χ4n) is 1.34. The van der Waals surface area contributed by atoms with Crippen molar-refractivity contribution in [1.82, 2.24) is 10.2 Å². The lowest BCUT2D eigenvalue weighted by Gasteiger charge is -2.09. The van der Waals surface area contributed by atoms with Crippen LogP contribution in [0.2, 0.25) is 0 Å². The van der Waals surface area contributed by atoms with Crippen LogP contribution in [0.4, 0.5) is 5.00 Å². The van der Waals surface area contributed by atoms with Crippen LogP contribution in [0.1, 0.15) is 22.3 Å². The molecule has 0 aliphatic carbocycles. The van der Waals surface area contributed by atoms with Crippen molar-refractivity contribution < 1.29 is 9.59 Å². The van der Waals surface area contributed by atoms with Crippen molar-refractivity contribution in [2.75, 3.05) is 5.32 Å². The van der Waals surface area contributed by atoms with E-state index < -0.39 is 5.91 Å². The Labute approximate surface area is 127 Å². The standard InChI is InChI=1S/C11H12N4O2S3/c1-5(19-11-15-14-6(2)20-11)9(17)13-10-7(8(12)16)3-4-18-10/h3-5H,1-2H3,(H2,12,16)(H,13,17)/t5-/m0/s1. The highest BCUT2D eigenvalue weighted by atomic mass is 32.2. The number of aromatic nitrogens is 2. The van der Waals surface area contributed by atoms with Crippen molar-refractivity contribution in [3.63, 3.8) is 0 Å². The zero-order valence-electron chi connectivity index (χ0n) is 10.7. The molecular weight excluding hydrogens is 316 g/mol. The van der Waals surface area contributed by atoms with Gasteiger partial charge < -0.3 is 11.1 Å². The van der Waals surface area contributed by atoms with Gasteiger partial charge in [-0.1, -0.05) is 23.1 Å². The molecule has 6 nitrogen and oxygen atoms in total. The van der Waals surface area contributed by atoms with Crippen LogP contribution in [0.3, 0.4) is 0 Å². The van der Waals surface area contributed by atoms with E-state index in [1.54, 1.807) is 18.4 Å². The van der Waals surface area contributed by atoms with Crippen LogP contribution in [0.5, 0.6) is 0 Å². The molecule has 0 aliphatic rings. The molecule has 2 aromatic heterocycles. The molecule has 0 aromatic carbocycles. The summed E-state index contributed by atoms with van der Waals surface area (Å²) >= 11 is 4.04. The Balaban J connectivity index is 2.00. The second-order valence-corrected chi connectivity index (χ2v) is 7.55. The smallest absolute Gasteiger partial charge is 0.251 e. The number of carbonyl (C=O) groups excluding carboxylic acids is 2. The van der Waals surface area contributed by atoms with Gasteiger partial charge in [-0.3, -0.25) is 9.59 Å². The Morgan fingerprint density at radius 2 is 2.20 bits per heavy atom. The van der Waals surface area contributed by atoms with E-state index in [-0.39, 0.29) is 11.2 Å². The molecule has 20 heavy (non-hydrogen) atoms. The lowest BCUT2D eigenvalue weighted by Crippen LogP contribution is -2.23. The molecule has 106 valence electrons. The van der Waals surface area contributed by atoms with E-state index in [1.165, 1.54) is 34.4 Å². The quantitative estimate of drug-likeness (QED) is 0.819. The van der Waals surface area contributed by atoms with Crippen molar-refractivity contribution in [2.45, 2.75) is 23.4 Å². The molecule has 2 aromatic rings. The third kappa shape index (κ3) is 3.56. The number of thiophene rings is 1. The number of aryl methyl sites for hydroxylation is 1. The predicted molar refractivity (Wildman–Crippen MR) is 81.4 cm³/mol. The number of nitrogens with two attached hydrogens (primary N) is 1. The minimum Gasteiger partial charge on any atom is -0.366 e. The van der Waals surface area contributed by atoms with Gasteiger partial charge in [0.2, 0.25) is 5.91 Å². The minimum atomic E-state index is -0.554. The number of anilines is 1. The van der Waals surface area contributed by atoms with E-state index in [9.17, 15) is 9.59 Å². The average Bonchev–Trinajstić information content (AvgIpc) is 2.98. The number of carbonyl (C=O) groups is 2. The first-order valence-corrected chi connectivity index (χ1v) is 8.20. The van der Waals surface area contributed by atoms with Crippen molar-refractivity contribution in [1.29, 1.82) is 0 Å². The van der Waals surface area contributed by atoms with Gasteiger partial charge in [-0.05, 0) is 25.3 Å². The average molecular weight is 328 g/mol. The maximum atomic E-state index is 12.1. The first kappa shape index (κ1) is 14.9. The van der Waals surface area contributed by atoms with Gasteiger partial charge in [0.1, 0.15) is 10.0 Å². The molecule has 1 atom stereocenters. The van der Waals surface area contributed by atoms with Crippen LogP contribution >= 0.6 is 34.4 Å². The van der Waals surface area contributed by atoms with Gasteiger partial charge in [-0.15, -0.1) is 21.5 Å². The summed E-state index contributed by atoms with van der Waals surface area (Å²) in [4.78, 5) is 23.3. The summed E-state index contributed by atoms with van der Waals surface area (Å²) in [7, 11) is 0. The number of nitrogens with one attached hydrogen (secondary N) is 1. The van der Waals surface area contributed by atoms with Crippen LogP contribution in [0, 0.1) is 6.92 Å². The van der Waals surface area contributed by atoms with E-state index in [2.05, 4.69) is 15.5 Å². The normalized spacial score (nSPS) is 12.1. The first-order valence-electron chi connectivity index (χ1n) is 5.62. The van der Waals surface area contributed by atoms with Gasteiger partial charge in [0.05, 0.1) is 10.8 Å². The fraction of sp³-hybridized carbons (Fsp3) is 0.273. The van der Waals surface area contributed by atoms with Crippen molar-refractivity contribution in [3.8, 4) is 0 Å². The minimum absolute atomic E-state index is 0.201. The third-order valence-electron chi connectivity index (χ3n) is 2.32. The van der Waals surface area contributed by atoms with E-state index >= 15 is 0 Å². The summed E-state index contributed by atoms with van der Waals surface area (Å²) in [6, 6.07) is 1.59. The first-order chi connectivity index (χ1) is 9.47.